The second kappa shape index (κ2) is 7.36. The van der Waals surface area contributed by atoms with E-state index in [1.807, 2.05) is 4.90 Å². The molecule has 5 nitrogen and oxygen atoms in total. The van der Waals surface area contributed by atoms with Gasteiger partial charge >= 0.3 is 5.97 Å². The number of ether oxygens (including phenoxy) is 1. The zero-order valence-corrected chi connectivity index (χ0v) is 11.4. The highest BCUT2D eigenvalue weighted by molar-refractivity contribution is 5.79. The van der Waals surface area contributed by atoms with Crippen LogP contribution in [-0.4, -0.2) is 43.5 Å². The molecule has 0 saturated carbocycles. The average molecular weight is 256 g/mol. The average Bonchev–Trinajstić information content (AvgIpc) is 2.43. The third-order valence-corrected chi connectivity index (χ3v) is 3.61. The van der Waals surface area contributed by atoms with Crippen LogP contribution >= 0.6 is 0 Å². The van der Waals surface area contributed by atoms with E-state index in [1.165, 1.54) is 7.11 Å². The molecule has 0 spiro atoms. The topological polar surface area (TPSA) is 72.6 Å². The van der Waals surface area contributed by atoms with Crippen LogP contribution in [0.5, 0.6) is 0 Å². The molecular weight excluding hydrogens is 232 g/mol. The number of hydrogen-bond donors (Lipinski definition) is 1. The summed E-state index contributed by atoms with van der Waals surface area (Å²) in [4.78, 5) is 25.4. The van der Waals surface area contributed by atoms with E-state index in [9.17, 15) is 9.59 Å². The summed E-state index contributed by atoms with van der Waals surface area (Å²) in [5, 5.41) is 0. The molecule has 18 heavy (non-hydrogen) atoms. The second-order valence-electron chi connectivity index (χ2n) is 4.84. The first-order valence-corrected chi connectivity index (χ1v) is 6.70. The lowest BCUT2D eigenvalue weighted by Gasteiger charge is -2.33. The van der Waals surface area contributed by atoms with Crippen LogP contribution in [0.1, 0.15) is 32.6 Å². The van der Waals surface area contributed by atoms with Crippen LogP contribution < -0.4 is 5.73 Å². The van der Waals surface area contributed by atoms with Crippen molar-refractivity contribution in [3.05, 3.63) is 0 Å². The van der Waals surface area contributed by atoms with Crippen LogP contribution in [0.2, 0.25) is 0 Å². The minimum atomic E-state index is -0.161. The monoisotopic (exact) mass is 256 g/mol. The van der Waals surface area contributed by atoms with Crippen LogP contribution in [0, 0.1) is 11.8 Å². The molecule has 0 aliphatic carbocycles. The first-order valence-electron chi connectivity index (χ1n) is 6.70. The van der Waals surface area contributed by atoms with Gasteiger partial charge in [-0.2, -0.15) is 0 Å². The molecule has 1 rings (SSSR count). The Morgan fingerprint density at radius 1 is 1.39 bits per heavy atom. The lowest BCUT2D eigenvalue weighted by atomic mass is 9.95. The lowest BCUT2D eigenvalue weighted by molar-refractivity contribution is -0.149. The molecule has 0 radical (unpaired) electrons. The van der Waals surface area contributed by atoms with Gasteiger partial charge in [0.15, 0.2) is 0 Å². The molecule has 1 heterocycles. The van der Waals surface area contributed by atoms with Gasteiger partial charge in [0.25, 0.3) is 0 Å². The molecule has 104 valence electrons. The Kier molecular flexibility index (Phi) is 6.12. The van der Waals surface area contributed by atoms with E-state index in [4.69, 9.17) is 10.5 Å². The maximum atomic E-state index is 12.2. The Bertz CT molecular complexity index is 286. The van der Waals surface area contributed by atoms with Crippen LogP contribution in [0.3, 0.4) is 0 Å². The number of rotatable bonds is 5. The molecular formula is C13H24N2O3. The Labute approximate surface area is 109 Å². The number of nitrogens with zero attached hydrogens (tertiary/aromatic N) is 1. The van der Waals surface area contributed by atoms with Crippen molar-refractivity contribution in [2.24, 2.45) is 17.6 Å². The molecule has 2 N–H and O–H groups in total. The van der Waals surface area contributed by atoms with Crippen molar-refractivity contribution in [1.29, 1.82) is 0 Å². The summed E-state index contributed by atoms with van der Waals surface area (Å²) < 4.78 is 4.73. The van der Waals surface area contributed by atoms with Gasteiger partial charge in [-0.15, -0.1) is 0 Å². The standard InChI is InChI=1S/C13H24N2O3/c1-3-4-11(9-14)12(16)15-7-5-10(6-8-15)13(17)18-2/h10-11H,3-9,14H2,1-2H3. The largest absolute Gasteiger partial charge is 0.469 e. The predicted octanol–water partition coefficient (Wildman–Crippen LogP) is 0.773. The fraction of sp³-hybridized carbons (Fsp3) is 0.846. The molecule has 1 saturated heterocycles. The van der Waals surface area contributed by atoms with Gasteiger partial charge < -0.3 is 15.4 Å². The first kappa shape index (κ1) is 15.0. The summed E-state index contributed by atoms with van der Waals surface area (Å²) >= 11 is 0. The molecule has 0 aromatic rings. The van der Waals surface area contributed by atoms with Gasteiger partial charge in [-0.1, -0.05) is 13.3 Å². The molecule has 1 amide bonds. The van der Waals surface area contributed by atoms with Gasteiger partial charge in [-0.25, -0.2) is 0 Å². The predicted molar refractivity (Wildman–Crippen MR) is 68.8 cm³/mol. The van der Waals surface area contributed by atoms with Crippen molar-refractivity contribution in [2.75, 3.05) is 26.7 Å². The number of hydrogen-bond acceptors (Lipinski definition) is 4. The van der Waals surface area contributed by atoms with Crippen LogP contribution in [0.15, 0.2) is 0 Å². The third-order valence-electron chi connectivity index (χ3n) is 3.61. The summed E-state index contributed by atoms with van der Waals surface area (Å²) in [6, 6.07) is 0. The van der Waals surface area contributed by atoms with E-state index < -0.39 is 0 Å². The summed E-state index contributed by atoms with van der Waals surface area (Å²) in [5.74, 6) is -0.139. The van der Waals surface area contributed by atoms with E-state index in [0.29, 0.717) is 32.5 Å². The van der Waals surface area contributed by atoms with E-state index in [-0.39, 0.29) is 23.7 Å². The quantitative estimate of drug-likeness (QED) is 0.738. The molecule has 0 aromatic heterocycles. The van der Waals surface area contributed by atoms with Gasteiger partial charge in [0.1, 0.15) is 0 Å². The zero-order valence-electron chi connectivity index (χ0n) is 11.4. The number of amides is 1. The fourth-order valence-corrected chi connectivity index (χ4v) is 2.45. The fourth-order valence-electron chi connectivity index (χ4n) is 2.45. The lowest BCUT2D eigenvalue weighted by Crippen LogP contribution is -2.44. The third kappa shape index (κ3) is 3.70. The van der Waals surface area contributed by atoms with E-state index in [2.05, 4.69) is 6.92 Å². The number of likely N-dealkylation sites (tertiary alicyclic amines) is 1. The molecule has 1 fully saturated rings. The van der Waals surface area contributed by atoms with Crippen LogP contribution in [0.25, 0.3) is 0 Å². The summed E-state index contributed by atoms with van der Waals surface area (Å²) in [5.41, 5.74) is 5.64. The summed E-state index contributed by atoms with van der Waals surface area (Å²) in [6.45, 7) is 3.74. The second-order valence-corrected chi connectivity index (χ2v) is 4.84. The molecule has 1 aliphatic heterocycles. The van der Waals surface area contributed by atoms with Crippen LogP contribution in [-0.2, 0) is 14.3 Å². The normalized spacial score (nSPS) is 18.5. The van der Waals surface area contributed by atoms with Gasteiger partial charge in [-0.3, -0.25) is 9.59 Å². The minimum absolute atomic E-state index is 0.0541. The first-order chi connectivity index (χ1) is 8.63. The molecule has 0 bridgehead atoms. The number of carbonyl (C=O) groups is 2. The van der Waals surface area contributed by atoms with E-state index in [0.717, 1.165) is 12.8 Å². The van der Waals surface area contributed by atoms with Crippen molar-refractivity contribution in [3.63, 3.8) is 0 Å². The Morgan fingerprint density at radius 2 is 2.00 bits per heavy atom. The Hall–Kier alpha value is -1.10. The summed E-state index contributed by atoms with van der Waals surface area (Å²) in [6.07, 6.45) is 3.20. The van der Waals surface area contributed by atoms with Gasteiger partial charge in [0, 0.05) is 19.6 Å². The molecule has 0 aromatic carbocycles. The highest BCUT2D eigenvalue weighted by Gasteiger charge is 2.30. The highest BCUT2D eigenvalue weighted by Crippen LogP contribution is 2.20. The van der Waals surface area contributed by atoms with Gasteiger partial charge in [-0.05, 0) is 19.3 Å². The smallest absolute Gasteiger partial charge is 0.308 e. The van der Waals surface area contributed by atoms with Crippen LogP contribution in [0.4, 0.5) is 0 Å². The Morgan fingerprint density at radius 3 is 2.44 bits per heavy atom. The minimum Gasteiger partial charge on any atom is -0.469 e. The molecule has 1 unspecified atom stereocenters. The van der Waals surface area contributed by atoms with Crippen molar-refractivity contribution in [2.45, 2.75) is 32.6 Å². The van der Waals surface area contributed by atoms with E-state index in [1.54, 1.807) is 0 Å². The van der Waals surface area contributed by atoms with Crippen molar-refractivity contribution < 1.29 is 14.3 Å². The number of methoxy groups -OCH3 is 1. The maximum Gasteiger partial charge on any atom is 0.308 e. The number of esters is 1. The maximum absolute atomic E-state index is 12.2. The molecule has 1 atom stereocenters. The van der Waals surface area contributed by atoms with Gasteiger partial charge in [0.2, 0.25) is 5.91 Å². The zero-order chi connectivity index (χ0) is 13.5. The number of nitrogens with two attached hydrogens (primary N) is 1. The highest BCUT2D eigenvalue weighted by atomic mass is 16.5. The van der Waals surface area contributed by atoms with Crippen molar-refractivity contribution in [3.8, 4) is 0 Å². The SMILES string of the molecule is CCCC(CN)C(=O)N1CCC(C(=O)OC)CC1. The summed E-state index contributed by atoms with van der Waals surface area (Å²) in [7, 11) is 1.41. The number of carbonyl (C=O) groups excluding carboxylic acids is 2. The number of piperidine rings is 1. The van der Waals surface area contributed by atoms with Crippen molar-refractivity contribution in [1.82, 2.24) is 4.90 Å². The van der Waals surface area contributed by atoms with E-state index >= 15 is 0 Å². The molecule has 1 aliphatic rings. The van der Waals surface area contributed by atoms with Gasteiger partial charge in [0.05, 0.1) is 18.9 Å². The molecule has 5 heteroatoms. The van der Waals surface area contributed by atoms with Crippen molar-refractivity contribution >= 4 is 11.9 Å². The Balaban J connectivity index is 2.46.